The number of nitrogens with zero attached hydrogens (tertiary/aromatic N) is 5. The van der Waals surface area contributed by atoms with Crippen LogP contribution in [0, 0.1) is 0 Å². The van der Waals surface area contributed by atoms with Crippen molar-refractivity contribution in [1.29, 1.82) is 0 Å². The number of allylic oxidation sites excluding steroid dienone is 1. The van der Waals surface area contributed by atoms with Crippen molar-refractivity contribution in [3.8, 4) is 17.0 Å². The Kier molecular flexibility index (Phi) is 5.66. The molecule has 4 heterocycles. The van der Waals surface area contributed by atoms with E-state index in [1.807, 2.05) is 16.5 Å². The van der Waals surface area contributed by atoms with Crippen LogP contribution >= 0.6 is 0 Å². The summed E-state index contributed by atoms with van der Waals surface area (Å²) in [7, 11) is -1.79. The van der Waals surface area contributed by atoms with Gasteiger partial charge < -0.3 is 14.8 Å². The number of hydrogen-bond acceptors (Lipinski definition) is 8. The predicted octanol–water partition coefficient (Wildman–Crippen LogP) is 1.07. The van der Waals surface area contributed by atoms with Gasteiger partial charge in [-0.15, -0.1) is 0 Å². The number of phenolic OH excluding ortho intramolecular Hbond substituents is 1. The second kappa shape index (κ2) is 8.63. The summed E-state index contributed by atoms with van der Waals surface area (Å²) >= 11 is 0. The number of oxazole rings is 1. The molecule has 0 radical (unpaired) electrons. The highest BCUT2D eigenvalue weighted by molar-refractivity contribution is 7.86. The first kappa shape index (κ1) is 21.6. The summed E-state index contributed by atoms with van der Waals surface area (Å²) in [5.74, 6) is 0.575. The molecule has 0 amide bonds. The first-order valence-corrected chi connectivity index (χ1v) is 12.0. The quantitative estimate of drug-likeness (QED) is 0.491. The highest BCUT2D eigenvalue weighted by Crippen LogP contribution is 2.31. The molecule has 0 saturated carbocycles. The fourth-order valence-electron chi connectivity index (χ4n) is 4.04. The van der Waals surface area contributed by atoms with E-state index in [4.69, 9.17) is 4.42 Å². The molecule has 33 heavy (non-hydrogen) atoms. The Labute approximate surface area is 191 Å². The van der Waals surface area contributed by atoms with Crippen LogP contribution in [0.15, 0.2) is 52.2 Å². The lowest BCUT2D eigenvalue weighted by Crippen LogP contribution is -2.51. The summed E-state index contributed by atoms with van der Waals surface area (Å²) < 4.78 is 35.0. The van der Waals surface area contributed by atoms with Crippen molar-refractivity contribution in [2.24, 2.45) is 4.99 Å². The number of benzene rings is 1. The topological polar surface area (TPSA) is 128 Å². The van der Waals surface area contributed by atoms with Crippen molar-refractivity contribution in [3.05, 3.63) is 48.5 Å². The van der Waals surface area contributed by atoms with Crippen molar-refractivity contribution in [1.82, 2.24) is 28.6 Å². The monoisotopic (exact) mass is 471 g/mol. The SMILES string of the molecule is CN1CCCN(CCNC2N=CC=C(c3c(-c4cccc(O)c4)nc4occn34)N2)S1(=O)=O. The number of aromatic nitrogens is 2. The van der Waals surface area contributed by atoms with Gasteiger partial charge in [0.25, 0.3) is 10.2 Å². The molecule has 2 aliphatic rings. The molecule has 2 aliphatic heterocycles. The lowest BCUT2D eigenvalue weighted by molar-refractivity contribution is 0.301. The zero-order chi connectivity index (χ0) is 23.0. The zero-order valence-corrected chi connectivity index (χ0v) is 18.9. The molecule has 0 spiro atoms. The fourth-order valence-corrected chi connectivity index (χ4v) is 5.47. The zero-order valence-electron chi connectivity index (χ0n) is 18.0. The molecule has 5 rings (SSSR count). The summed E-state index contributed by atoms with van der Waals surface area (Å²) in [6.07, 6.45) is 7.23. The van der Waals surface area contributed by atoms with Gasteiger partial charge in [0.1, 0.15) is 17.7 Å². The van der Waals surface area contributed by atoms with Crippen molar-refractivity contribution in [2.45, 2.75) is 12.7 Å². The van der Waals surface area contributed by atoms with Gasteiger partial charge in [0.05, 0.1) is 11.4 Å². The number of hydrogen-bond donors (Lipinski definition) is 3. The van der Waals surface area contributed by atoms with E-state index >= 15 is 0 Å². The fraction of sp³-hybridized carbons (Fsp3) is 0.333. The van der Waals surface area contributed by atoms with Gasteiger partial charge in [-0.1, -0.05) is 12.1 Å². The lowest BCUT2D eigenvalue weighted by Gasteiger charge is -2.32. The third-order valence-electron chi connectivity index (χ3n) is 5.70. The highest BCUT2D eigenvalue weighted by Gasteiger charge is 2.30. The first-order chi connectivity index (χ1) is 15.9. The highest BCUT2D eigenvalue weighted by atomic mass is 32.2. The minimum absolute atomic E-state index is 0.146. The number of nitrogens with one attached hydrogen (secondary N) is 2. The maximum atomic E-state index is 12.4. The summed E-state index contributed by atoms with van der Waals surface area (Å²) in [5, 5.41) is 16.5. The van der Waals surface area contributed by atoms with Crippen LogP contribution in [0.4, 0.5) is 0 Å². The van der Waals surface area contributed by atoms with Gasteiger partial charge >= 0.3 is 5.84 Å². The Balaban J connectivity index is 1.33. The molecule has 11 nitrogen and oxygen atoms in total. The molecule has 0 bridgehead atoms. The van der Waals surface area contributed by atoms with Crippen molar-refractivity contribution < 1.29 is 17.9 Å². The van der Waals surface area contributed by atoms with Gasteiger partial charge in [0, 0.05) is 51.2 Å². The first-order valence-electron chi connectivity index (χ1n) is 10.6. The Morgan fingerprint density at radius 2 is 2.21 bits per heavy atom. The van der Waals surface area contributed by atoms with Crippen LogP contribution in [0.2, 0.25) is 0 Å². The molecule has 3 N–H and O–H groups in total. The van der Waals surface area contributed by atoms with Crippen LogP contribution in [-0.2, 0) is 10.2 Å². The van der Waals surface area contributed by atoms with Crippen LogP contribution in [0.25, 0.3) is 22.8 Å². The van der Waals surface area contributed by atoms with Gasteiger partial charge in [-0.3, -0.25) is 14.7 Å². The third kappa shape index (κ3) is 4.13. The normalized spacial score (nSPS) is 21.2. The number of rotatable bonds is 6. The Hall–Kier alpha value is -3.19. The smallest absolute Gasteiger partial charge is 0.306 e. The van der Waals surface area contributed by atoms with Gasteiger partial charge in [0.15, 0.2) is 6.29 Å². The standard InChI is InChI=1S/C21H25N7O4S/c1-26-9-3-10-27(33(26,30)31)11-8-23-20-22-7-6-17(24-20)19-18(15-4-2-5-16(29)14-15)25-21-28(19)12-13-32-21/h2,4-7,12-14,20,23-24,29H,3,8-11H2,1H3. The number of aromatic hydroxyl groups is 1. The van der Waals surface area contributed by atoms with Gasteiger partial charge in [-0.05, 0) is 24.6 Å². The number of phenols is 1. The summed E-state index contributed by atoms with van der Waals surface area (Å²) in [4.78, 5) is 9.00. The molecule has 1 saturated heterocycles. The summed E-state index contributed by atoms with van der Waals surface area (Å²) in [5.41, 5.74) is 2.93. The summed E-state index contributed by atoms with van der Waals surface area (Å²) in [6, 6.07) is 6.88. The van der Waals surface area contributed by atoms with E-state index in [0.717, 1.165) is 23.4 Å². The molecule has 174 valence electrons. The van der Waals surface area contributed by atoms with Crippen LogP contribution in [0.5, 0.6) is 5.75 Å². The Bertz CT molecular complexity index is 1330. The van der Waals surface area contributed by atoms with Crippen LogP contribution in [0.1, 0.15) is 12.1 Å². The molecular formula is C21H25N7O4S. The number of imidazole rings is 1. The van der Waals surface area contributed by atoms with E-state index in [0.29, 0.717) is 37.7 Å². The van der Waals surface area contributed by atoms with Gasteiger partial charge in [-0.2, -0.15) is 22.0 Å². The molecule has 1 atom stereocenters. The van der Waals surface area contributed by atoms with Gasteiger partial charge in [-0.25, -0.2) is 0 Å². The van der Waals surface area contributed by atoms with Crippen LogP contribution in [-0.4, -0.2) is 77.3 Å². The van der Waals surface area contributed by atoms with Crippen LogP contribution < -0.4 is 10.6 Å². The van der Waals surface area contributed by atoms with E-state index in [2.05, 4.69) is 20.6 Å². The molecule has 12 heteroatoms. The van der Waals surface area contributed by atoms with Crippen molar-refractivity contribution >= 4 is 28.0 Å². The van der Waals surface area contributed by atoms with Gasteiger partial charge in [0.2, 0.25) is 0 Å². The Morgan fingerprint density at radius 3 is 3.06 bits per heavy atom. The average Bonchev–Trinajstić information content (AvgIpc) is 3.38. The minimum Gasteiger partial charge on any atom is -0.508 e. The lowest BCUT2D eigenvalue weighted by atomic mass is 10.1. The van der Waals surface area contributed by atoms with E-state index in [-0.39, 0.29) is 5.75 Å². The summed E-state index contributed by atoms with van der Waals surface area (Å²) in [6.45, 7) is 1.85. The Morgan fingerprint density at radius 1 is 1.33 bits per heavy atom. The minimum atomic E-state index is -3.40. The third-order valence-corrected chi connectivity index (χ3v) is 7.69. The molecule has 2 aromatic heterocycles. The second-order valence-electron chi connectivity index (χ2n) is 7.88. The van der Waals surface area contributed by atoms with E-state index in [9.17, 15) is 13.5 Å². The van der Waals surface area contributed by atoms with E-state index in [1.165, 1.54) is 8.61 Å². The van der Waals surface area contributed by atoms with Crippen molar-refractivity contribution in [3.63, 3.8) is 0 Å². The van der Waals surface area contributed by atoms with Crippen molar-refractivity contribution in [2.75, 3.05) is 33.2 Å². The molecule has 0 aliphatic carbocycles. The molecule has 3 aromatic rings. The molecular weight excluding hydrogens is 446 g/mol. The maximum Gasteiger partial charge on any atom is 0.306 e. The molecule has 1 aromatic carbocycles. The second-order valence-corrected chi connectivity index (χ2v) is 9.91. The largest absolute Gasteiger partial charge is 0.508 e. The molecule has 1 fully saturated rings. The van der Waals surface area contributed by atoms with E-state index < -0.39 is 16.5 Å². The number of aliphatic imine (C=N–C) groups is 1. The maximum absolute atomic E-state index is 12.4. The van der Waals surface area contributed by atoms with Crippen LogP contribution in [0.3, 0.4) is 0 Å². The average molecular weight is 472 g/mol. The van der Waals surface area contributed by atoms with E-state index in [1.54, 1.807) is 43.9 Å². The number of fused-ring (bicyclic) bond motifs is 1. The predicted molar refractivity (Wildman–Crippen MR) is 124 cm³/mol. The molecule has 1 unspecified atom stereocenters.